The second kappa shape index (κ2) is 6.79. The van der Waals surface area contributed by atoms with Crippen molar-refractivity contribution in [2.45, 2.75) is 27.2 Å². The van der Waals surface area contributed by atoms with Crippen molar-refractivity contribution in [3.8, 4) is 0 Å². The van der Waals surface area contributed by atoms with Gasteiger partial charge in [0.05, 0.1) is 0 Å². The Morgan fingerprint density at radius 2 is 1.72 bits per heavy atom. The first-order valence-corrected chi connectivity index (χ1v) is 6.15. The van der Waals surface area contributed by atoms with Crippen LogP contribution in [0.15, 0.2) is 24.3 Å². The van der Waals surface area contributed by atoms with Crippen molar-refractivity contribution in [3.05, 3.63) is 29.8 Å². The van der Waals surface area contributed by atoms with Crippen molar-refractivity contribution in [1.82, 2.24) is 5.32 Å². The second-order valence-electron chi connectivity index (χ2n) is 4.76. The molecule has 1 rings (SSSR count). The van der Waals surface area contributed by atoms with Crippen LogP contribution in [0.4, 0.5) is 5.69 Å². The van der Waals surface area contributed by atoms with Crippen LogP contribution in [-0.4, -0.2) is 18.4 Å². The van der Waals surface area contributed by atoms with E-state index >= 15 is 0 Å². The highest BCUT2D eigenvalue weighted by atomic mass is 16.2. The fourth-order valence-corrected chi connectivity index (χ4v) is 1.38. The number of carbonyl (C=O) groups is 2. The monoisotopic (exact) mass is 248 g/mol. The lowest BCUT2D eigenvalue weighted by molar-refractivity contribution is -0.136. The highest BCUT2D eigenvalue weighted by molar-refractivity contribution is 6.39. The molecule has 0 unspecified atom stereocenters. The van der Waals surface area contributed by atoms with Crippen molar-refractivity contribution < 1.29 is 9.59 Å². The molecule has 0 aliphatic heterocycles. The molecule has 0 aromatic heterocycles. The number of aryl methyl sites for hydroxylation is 1. The summed E-state index contributed by atoms with van der Waals surface area (Å²) in [5.74, 6) is -0.704. The molecule has 98 valence electrons. The number of hydrogen-bond donors (Lipinski definition) is 2. The van der Waals surface area contributed by atoms with Crippen molar-refractivity contribution in [2.24, 2.45) is 5.92 Å². The molecule has 2 amide bonds. The van der Waals surface area contributed by atoms with Crippen molar-refractivity contribution in [1.29, 1.82) is 0 Å². The average Bonchev–Trinajstić information content (AvgIpc) is 2.31. The van der Waals surface area contributed by atoms with Crippen LogP contribution >= 0.6 is 0 Å². The molecule has 0 spiro atoms. The van der Waals surface area contributed by atoms with Gasteiger partial charge < -0.3 is 10.6 Å². The number of hydrogen-bond acceptors (Lipinski definition) is 2. The quantitative estimate of drug-likeness (QED) is 0.802. The molecule has 0 saturated heterocycles. The highest BCUT2D eigenvalue weighted by Crippen LogP contribution is 2.08. The standard InChI is InChI=1S/C14H20N2O2/c1-10(2)8-9-15-13(17)14(18)16-12-6-4-11(3)5-7-12/h4-7,10H,8-9H2,1-3H3,(H,15,17)(H,16,18). The van der Waals surface area contributed by atoms with E-state index < -0.39 is 11.8 Å². The molecule has 2 N–H and O–H groups in total. The van der Waals surface area contributed by atoms with E-state index in [4.69, 9.17) is 0 Å². The number of amides is 2. The van der Waals surface area contributed by atoms with Gasteiger partial charge in [-0.3, -0.25) is 9.59 Å². The molecule has 0 bridgehead atoms. The molecule has 0 aliphatic rings. The van der Waals surface area contributed by atoms with Gasteiger partial charge in [0.25, 0.3) is 0 Å². The molecule has 1 aromatic carbocycles. The maximum Gasteiger partial charge on any atom is 0.313 e. The maximum atomic E-state index is 11.5. The van der Waals surface area contributed by atoms with Crippen molar-refractivity contribution in [3.63, 3.8) is 0 Å². The number of carbonyl (C=O) groups excluding carboxylic acids is 2. The summed E-state index contributed by atoms with van der Waals surface area (Å²) in [6, 6.07) is 7.31. The SMILES string of the molecule is Cc1ccc(NC(=O)C(=O)NCCC(C)C)cc1. The smallest absolute Gasteiger partial charge is 0.313 e. The predicted octanol–water partition coefficient (Wildman–Crippen LogP) is 2.10. The largest absolute Gasteiger partial charge is 0.348 e. The van der Waals surface area contributed by atoms with Gasteiger partial charge in [0.1, 0.15) is 0 Å². The molecule has 18 heavy (non-hydrogen) atoms. The molecule has 0 saturated carbocycles. The fraction of sp³-hybridized carbons (Fsp3) is 0.429. The Bertz CT molecular complexity index is 410. The molecule has 0 aliphatic carbocycles. The minimum atomic E-state index is -0.623. The fourth-order valence-electron chi connectivity index (χ4n) is 1.38. The summed E-state index contributed by atoms with van der Waals surface area (Å²) >= 11 is 0. The molecule has 4 nitrogen and oxygen atoms in total. The molecule has 1 aromatic rings. The lowest BCUT2D eigenvalue weighted by Gasteiger charge is -2.08. The Hall–Kier alpha value is -1.84. The Labute approximate surface area is 108 Å². The number of nitrogens with one attached hydrogen (secondary N) is 2. The lowest BCUT2D eigenvalue weighted by atomic mass is 10.1. The summed E-state index contributed by atoms with van der Waals surface area (Å²) in [7, 11) is 0. The van der Waals surface area contributed by atoms with Crippen LogP contribution in [0, 0.1) is 12.8 Å². The summed E-state index contributed by atoms with van der Waals surface area (Å²) in [6.07, 6.45) is 0.865. The van der Waals surface area contributed by atoms with E-state index in [0.717, 1.165) is 12.0 Å². The van der Waals surface area contributed by atoms with E-state index in [1.54, 1.807) is 12.1 Å². The Morgan fingerprint density at radius 3 is 2.28 bits per heavy atom. The first kappa shape index (κ1) is 14.2. The van der Waals surface area contributed by atoms with Gasteiger partial charge in [-0.25, -0.2) is 0 Å². The van der Waals surface area contributed by atoms with Crippen LogP contribution < -0.4 is 10.6 Å². The van der Waals surface area contributed by atoms with Gasteiger partial charge >= 0.3 is 11.8 Å². The topological polar surface area (TPSA) is 58.2 Å². The third kappa shape index (κ3) is 4.99. The van der Waals surface area contributed by atoms with E-state index in [2.05, 4.69) is 24.5 Å². The average molecular weight is 248 g/mol. The van der Waals surface area contributed by atoms with E-state index in [9.17, 15) is 9.59 Å². The van der Waals surface area contributed by atoms with E-state index in [1.165, 1.54) is 0 Å². The van der Waals surface area contributed by atoms with Gasteiger partial charge in [0.15, 0.2) is 0 Å². The summed E-state index contributed by atoms with van der Waals surface area (Å²) in [5, 5.41) is 5.15. The summed E-state index contributed by atoms with van der Waals surface area (Å²) < 4.78 is 0. The van der Waals surface area contributed by atoms with Crippen LogP contribution in [0.1, 0.15) is 25.8 Å². The van der Waals surface area contributed by atoms with Crippen LogP contribution in [0.2, 0.25) is 0 Å². The number of benzene rings is 1. The van der Waals surface area contributed by atoms with Crippen LogP contribution in [0.25, 0.3) is 0 Å². The van der Waals surface area contributed by atoms with Crippen molar-refractivity contribution in [2.75, 3.05) is 11.9 Å². The van der Waals surface area contributed by atoms with Crippen LogP contribution in [0.3, 0.4) is 0 Å². The van der Waals surface area contributed by atoms with Gasteiger partial charge in [-0.1, -0.05) is 31.5 Å². The van der Waals surface area contributed by atoms with Gasteiger partial charge in [0.2, 0.25) is 0 Å². The lowest BCUT2D eigenvalue weighted by Crippen LogP contribution is -2.36. The Kier molecular flexibility index (Phi) is 5.36. The molecule has 4 heteroatoms. The second-order valence-corrected chi connectivity index (χ2v) is 4.76. The van der Waals surface area contributed by atoms with Crippen LogP contribution in [0.5, 0.6) is 0 Å². The van der Waals surface area contributed by atoms with E-state index in [0.29, 0.717) is 18.2 Å². The first-order valence-electron chi connectivity index (χ1n) is 6.15. The van der Waals surface area contributed by atoms with E-state index in [-0.39, 0.29) is 0 Å². The third-order valence-electron chi connectivity index (χ3n) is 2.52. The molecule has 0 fully saturated rings. The summed E-state index contributed by atoms with van der Waals surface area (Å²) in [5.41, 5.74) is 1.74. The zero-order valence-electron chi connectivity index (χ0n) is 11.1. The minimum Gasteiger partial charge on any atom is -0.348 e. The third-order valence-corrected chi connectivity index (χ3v) is 2.52. The highest BCUT2D eigenvalue weighted by Gasteiger charge is 2.12. The molecule has 0 heterocycles. The van der Waals surface area contributed by atoms with Gasteiger partial charge in [-0.15, -0.1) is 0 Å². The Morgan fingerprint density at radius 1 is 1.11 bits per heavy atom. The summed E-state index contributed by atoms with van der Waals surface area (Å²) in [4.78, 5) is 23.0. The van der Waals surface area contributed by atoms with Crippen LogP contribution in [-0.2, 0) is 9.59 Å². The Balaban J connectivity index is 2.40. The first-order chi connectivity index (χ1) is 8.49. The normalized spacial score (nSPS) is 10.2. The van der Waals surface area contributed by atoms with Crippen molar-refractivity contribution >= 4 is 17.5 Å². The molecule has 0 radical (unpaired) electrons. The van der Waals surface area contributed by atoms with Gasteiger partial charge in [-0.05, 0) is 31.4 Å². The molecule has 0 atom stereocenters. The van der Waals surface area contributed by atoms with Gasteiger partial charge in [-0.2, -0.15) is 0 Å². The minimum absolute atomic E-state index is 0.505. The molecular weight excluding hydrogens is 228 g/mol. The van der Waals surface area contributed by atoms with Gasteiger partial charge in [0, 0.05) is 12.2 Å². The number of rotatable bonds is 4. The maximum absolute atomic E-state index is 11.5. The number of anilines is 1. The summed E-state index contributed by atoms with van der Waals surface area (Å²) in [6.45, 7) is 6.62. The predicted molar refractivity (Wildman–Crippen MR) is 72.3 cm³/mol. The molecular formula is C14H20N2O2. The van der Waals surface area contributed by atoms with E-state index in [1.807, 2.05) is 19.1 Å². The zero-order valence-corrected chi connectivity index (χ0v) is 11.1. The zero-order chi connectivity index (χ0) is 13.5.